The minimum atomic E-state index is -0.207. The van der Waals surface area contributed by atoms with Crippen molar-refractivity contribution >= 4 is 5.91 Å². The molecule has 1 N–H and O–H groups in total. The van der Waals surface area contributed by atoms with Crippen molar-refractivity contribution in [3.05, 3.63) is 35.9 Å². The van der Waals surface area contributed by atoms with Gasteiger partial charge in [-0.25, -0.2) is 0 Å². The molecule has 3 fully saturated rings. The summed E-state index contributed by atoms with van der Waals surface area (Å²) in [4.78, 5) is 14.9. The van der Waals surface area contributed by atoms with Crippen molar-refractivity contribution in [1.29, 1.82) is 0 Å². The number of ether oxygens (including phenoxy) is 1. The first kappa shape index (κ1) is 13.3. The Morgan fingerprint density at radius 2 is 1.95 bits per heavy atom. The van der Waals surface area contributed by atoms with Crippen LogP contribution in [0.1, 0.15) is 37.8 Å². The molecule has 1 aromatic rings. The summed E-state index contributed by atoms with van der Waals surface area (Å²) in [5, 5.41) is 3.45. The third-order valence-corrected chi connectivity index (χ3v) is 5.01. The summed E-state index contributed by atoms with van der Waals surface area (Å²) in [5.74, 6) is 0.878. The lowest BCUT2D eigenvalue weighted by atomic mass is 10.0. The molecule has 2 aliphatic heterocycles. The Balaban J connectivity index is 1.57. The van der Waals surface area contributed by atoms with Crippen LogP contribution in [-0.2, 0) is 9.53 Å². The van der Waals surface area contributed by atoms with Crippen LogP contribution < -0.4 is 5.32 Å². The Labute approximate surface area is 125 Å². The lowest BCUT2D eigenvalue weighted by Gasteiger charge is -2.31. The predicted molar refractivity (Wildman–Crippen MR) is 79.5 cm³/mol. The highest BCUT2D eigenvalue weighted by Crippen LogP contribution is 2.42. The molecule has 1 amide bonds. The first-order valence-corrected chi connectivity index (χ1v) is 8.00. The van der Waals surface area contributed by atoms with Gasteiger partial charge in [0.25, 0.3) is 0 Å². The maximum atomic E-state index is 12.9. The number of amides is 1. The molecule has 4 nitrogen and oxygen atoms in total. The minimum Gasteiger partial charge on any atom is -0.376 e. The van der Waals surface area contributed by atoms with Crippen molar-refractivity contribution in [1.82, 2.24) is 10.2 Å². The number of hydrogen-bond acceptors (Lipinski definition) is 3. The van der Waals surface area contributed by atoms with Crippen molar-refractivity contribution in [2.45, 2.75) is 50.5 Å². The second kappa shape index (κ2) is 5.11. The maximum absolute atomic E-state index is 12.9. The molecular weight excluding hydrogens is 264 g/mol. The Kier molecular flexibility index (Phi) is 3.23. The lowest BCUT2D eigenvalue weighted by Crippen LogP contribution is -2.47. The number of hydrogen-bond donors (Lipinski definition) is 1. The molecule has 4 atom stereocenters. The van der Waals surface area contributed by atoms with Gasteiger partial charge < -0.3 is 9.64 Å². The van der Waals surface area contributed by atoms with E-state index in [1.807, 2.05) is 35.2 Å². The molecule has 1 aromatic carbocycles. The molecule has 0 aromatic heterocycles. The Morgan fingerprint density at radius 1 is 1.19 bits per heavy atom. The zero-order valence-corrected chi connectivity index (χ0v) is 12.4. The molecule has 21 heavy (non-hydrogen) atoms. The van der Waals surface area contributed by atoms with E-state index in [0.717, 1.165) is 18.6 Å². The number of carbonyl (C=O) groups is 1. The van der Waals surface area contributed by atoms with Gasteiger partial charge in [0.1, 0.15) is 6.04 Å². The highest BCUT2D eigenvalue weighted by molar-refractivity contribution is 5.86. The summed E-state index contributed by atoms with van der Waals surface area (Å²) in [6.07, 6.45) is 3.82. The van der Waals surface area contributed by atoms with Crippen LogP contribution in [0.5, 0.6) is 0 Å². The van der Waals surface area contributed by atoms with Gasteiger partial charge in [-0.05, 0) is 37.7 Å². The smallest absolute Gasteiger partial charge is 0.245 e. The van der Waals surface area contributed by atoms with E-state index in [9.17, 15) is 4.79 Å². The van der Waals surface area contributed by atoms with Crippen LogP contribution in [0.4, 0.5) is 0 Å². The van der Waals surface area contributed by atoms with Gasteiger partial charge in [-0.3, -0.25) is 10.1 Å². The van der Waals surface area contributed by atoms with Gasteiger partial charge in [0.05, 0.1) is 18.3 Å². The first-order valence-electron chi connectivity index (χ1n) is 8.00. The average molecular weight is 286 g/mol. The fourth-order valence-corrected chi connectivity index (χ4v) is 3.84. The summed E-state index contributed by atoms with van der Waals surface area (Å²) in [6.45, 7) is 2.88. The Morgan fingerprint density at radius 3 is 2.67 bits per heavy atom. The van der Waals surface area contributed by atoms with Crippen molar-refractivity contribution < 1.29 is 9.53 Å². The molecule has 112 valence electrons. The third kappa shape index (κ3) is 2.27. The molecular formula is C17H22N2O2. The minimum absolute atomic E-state index is 0.0793. The Bertz CT molecular complexity index is 529. The fraction of sp³-hybridized carbons (Fsp3) is 0.588. The normalized spacial score (nSPS) is 36.4. The predicted octanol–water partition coefficient (Wildman–Crippen LogP) is 2.07. The Hall–Kier alpha value is -1.39. The van der Waals surface area contributed by atoms with Gasteiger partial charge >= 0.3 is 0 Å². The molecule has 3 aliphatic rings. The molecule has 0 bridgehead atoms. The van der Waals surface area contributed by atoms with E-state index in [4.69, 9.17) is 4.74 Å². The van der Waals surface area contributed by atoms with Crippen LogP contribution in [-0.4, -0.2) is 35.7 Å². The van der Waals surface area contributed by atoms with Crippen molar-refractivity contribution in [3.8, 4) is 0 Å². The number of nitrogens with one attached hydrogen (secondary N) is 1. The van der Waals surface area contributed by atoms with Crippen molar-refractivity contribution in [2.75, 3.05) is 6.61 Å². The van der Waals surface area contributed by atoms with E-state index in [1.165, 1.54) is 12.8 Å². The third-order valence-electron chi connectivity index (χ3n) is 5.01. The molecule has 0 radical (unpaired) electrons. The summed E-state index contributed by atoms with van der Waals surface area (Å²) in [7, 11) is 0. The monoisotopic (exact) mass is 286 g/mol. The summed E-state index contributed by atoms with van der Waals surface area (Å²) in [5.41, 5.74) is 1.05. The second-order valence-electron chi connectivity index (χ2n) is 6.46. The fourth-order valence-electron chi connectivity index (χ4n) is 3.84. The molecule has 1 aliphatic carbocycles. The van der Waals surface area contributed by atoms with Gasteiger partial charge in [0.2, 0.25) is 5.91 Å². The summed E-state index contributed by atoms with van der Waals surface area (Å²) in [6, 6.07) is 10.1. The average Bonchev–Trinajstić information content (AvgIpc) is 3.17. The zero-order valence-electron chi connectivity index (χ0n) is 12.4. The van der Waals surface area contributed by atoms with Crippen LogP contribution in [0.3, 0.4) is 0 Å². The summed E-state index contributed by atoms with van der Waals surface area (Å²) < 4.78 is 5.92. The SMILES string of the molecule is CC1NC(c2ccccc2)C(=O)N1C1CCOC1C1CC1. The van der Waals surface area contributed by atoms with Gasteiger partial charge in [-0.2, -0.15) is 0 Å². The van der Waals surface area contributed by atoms with Crippen LogP contribution in [0.25, 0.3) is 0 Å². The second-order valence-corrected chi connectivity index (χ2v) is 6.46. The number of rotatable bonds is 3. The molecule has 2 heterocycles. The van der Waals surface area contributed by atoms with Gasteiger partial charge in [0, 0.05) is 6.61 Å². The van der Waals surface area contributed by atoms with E-state index in [-0.39, 0.29) is 30.3 Å². The van der Waals surface area contributed by atoms with E-state index in [2.05, 4.69) is 12.2 Å². The quantitative estimate of drug-likeness (QED) is 0.925. The van der Waals surface area contributed by atoms with Crippen molar-refractivity contribution in [3.63, 3.8) is 0 Å². The van der Waals surface area contributed by atoms with E-state index >= 15 is 0 Å². The van der Waals surface area contributed by atoms with E-state index in [1.54, 1.807) is 0 Å². The maximum Gasteiger partial charge on any atom is 0.245 e. The number of benzene rings is 1. The summed E-state index contributed by atoms with van der Waals surface area (Å²) >= 11 is 0. The van der Waals surface area contributed by atoms with Gasteiger partial charge in [-0.1, -0.05) is 30.3 Å². The van der Waals surface area contributed by atoms with E-state index in [0.29, 0.717) is 5.92 Å². The molecule has 1 saturated carbocycles. The largest absolute Gasteiger partial charge is 0.376 e. The van der Waals surface area contributed by atoms with Gasteiger partial charge in [-0.15, -0.1) is 0 Å². The van der Waals surface area contributed by atoms with Gasteiger partial charge in [0.15, 0.2) is 0 Å². The number of nitrogens with zero attached hydrogens (tertiary/aromatic N) is 1. The highest BCUT2D eigenvalue weighted by atomic mass is 16.5. The topological polar surface area (TPSA) is 41.6 Å². The number of carbonyl (C=O) groups excluding carboxylic acids is 1. The molecule has 4 unspecified atom stereocenters. The molecule has 0 spiro atoms. The lowest BCUT2D eigenvalue weighted by molar-refractivity contribution is -0.133. The molecule has 4 rings (SSSR count). The van der Waals surface area contributed by atoms with Crippen LogP contribution in [0.2, 0.25) is 0 Å². The first-order chi connectivity index (χ1) is 10.3. The zero-order chi connectivity index (χ0) is 14.4. The van der Waals surface area contributed by atoms with Crippen LogP contribution in [0.15, 0.2) is 30.3 Å². The molecule has 4 heteroatoms. The van der Waals surface area contributed by atoms with Crippen LogP contribution in [0, 0.1) is 5.92 Å². The standard InChI is InChI=1S/C17H22N2O2/c1-11-18-15(12-5-3-2-4-6-12)17(20)19(11)14-9-10-21-16(14)13-7-8-13/h2-6,11,13-16,18H,7-10H2,1H3. The van der Waals surface area contributed by atoms with Crippen LogP contribution >= 0.6 is 0 Å². The molecule has 2 saturated heterocycles. The van der Waals surface area contributed by atoms with E-state index < -0.39 is 0 Å². The highest BCUT2D eigenvalue weighted by Gasteiger charge is 2.49. The van der Waals surface area contributed by atoms with Crippen molar-refractivity contribution in [2.24, 2.45) is 5.92 Å².